The van der Waals surface area contributed by atoms with E-state index in [1.165, 1.54) is 0 Å². The fraction of sp³-hybridized carbons (Fsp3) is 0.900. The minimum absolute atomic E-state index is 0.190. The standard InChI is InChI=1S/C10H20O3/c1-3-8-12-10(6-5-7-11)13-9-4-2/h7,10H,3-6,8-9H2,1-2H3. The van der Waals surface area contributed by atoms with Gasteiger partial charge in [0.05, 0.1) is 0 Å². The molecule has 0 aromatic rings. The predicted molar refractivity (Wildman–Crippen MR) is 51.6 cm³/mol. The number of carbonyl (C=O) groups excluding carboxylic acids is 1. The molecule has 0 aromatic heterocycles. The lowest BCUT2D eigenvalue weighted by Crippen LogP contribution is -2.18. The Morgan fingerprint density at radius 3 is 2.08 bits per heavy atom. The highest BCUT2D eigenvalue weighted by Gasteiger charge is 2.07. The van der Waals surface area contributed by atoms with E-state index in [2.05, 4.69) is 13.8 Å². The molecule has 0 aliphatic carbocycles. The maximum atomic E-state index is 10.1. The highest BCUT2D eigenvalue weighted by Crippen LogP contribution is 2.04. The Bertz CT molecular complexity index is 107. The van der Waals surface area contributed by atoms with Crippen LogP contribution in [-0.4, -0.2) is 25.8 Å². The first-order valence-electron chi connectivity index (χ1n) is 5.02. The van der Waals surface area contributed by atoms with Crippen LogP contribution in [0.2, 0.25) is 0 Å². The molecule has 0 atom stereocenters. The SMILES string of the molecule is CCCOC(CCC=O)OCCC. The van der Waals surface area contributed by atoms with Crippen molar-refractivity contribution in [3.63, 3.8) is 0 Å². The van der Waals surface area contributed by atoms with Crippen LogP contribution < -0.4 is 0 Å². The molecule has 0 saturated carbocycles. The second-order valence-corrected chi connectivity index (χ2v) is 2.92. The summed E-state index contributed by atoms with van der Waals surface area (Å²) in [7, 11) is 0. The number of aldehydes is 1. The molecule has 0 N–H and O–H groups in total. The molecule has 0 amide bonds. The van der Waals surface area contributed by atoms with Crippen LogP contribution in [0.1, 0.15) is 39.5 Å². The fourth-order valence-electron chi connectivity index (χ4n) is 0.917. The van der Waals surface area contributed by atoms with Gasteiger partial charge >= 0.3 is 0 Å². The van der Waals surface area contributed by atoms with E-state index in [0.717, 1.165) is 19.1 Å². The lowest BCUT2D eigenvalue weighted by atomic mass is 10.3. The van der Waals surface area contributed by atoms with Gasteiger partial charge in [-0.3, -0.25) is 0 Å². The van der Waals surface area contributed by atoms with E-state index in [4.69, 9.17) is 9.47 Å². The van der Waals surface area contributed by atoms with E-state index in [0.29, 0.717) is 26.1 Å². The Hall–Kier alpha value is -0.410. The van der Waals surface area contributed by atoms with Gasteiger partial charge in [-0.25, -0.2) is 0 Å². The van der Waals surface area contributed by atoms with Gasteiger partial charge < -0.3 is 14.3 Å². The van der Waals surface area contributed by atoms with Crippen molar-refractivity contribution in [2.75, 3.05) is 13.2 Å². The second-order valence-electron chi connectivity index (χ2n) is 2.92. The van der Waals surface area contributed by atoms with Gasteiger partial charge in [0.25, 0.3) is 0 Å². The van der Waals surface area contributed by atoms with E-state index >= 15 is 0 Å². The van der Waals surface area contributed by atoms with Crippen LogP contribution in [0.3, 0.4) is 0 Å². The van der Waals surface area contributed by atoms with E-state index in [1.807, 2.05) is 0 Å². The normalized spacial score (nSPS) is 10.7. The summed E-state index contributed by atoms with van der Waals surface area (Å²) in [5.41, 5.74) is 0. The van der Waals surface area contributed by atoms with Gasteiger partial charge in [-0.1, -0.05) is 13.8 Å². The number of carbonyl (C=O) groups is 1. The van der Waals surface area contributed by atoms with Crippen molar-refractivity contribution in [1.29, 1.82) is 0 Å². The number of ether oxygens (including phenoxy) is 2. The minimum atomic E-state index is -0.190. The first kappa shape index (κ1) is 12.6. The highest BCUT2D eigenvalue weighted by molar-refractivity contribution is 5.49. The molecule has 0 spiro atoms. The van der Waals surface area contributed by atoms with Crippen molar-refractivity contribution in [1.82, 2.24) is 0 Å². The Morgan fingerprint density at radius 2 is 1.69 bits per heavy atom. The molecule has 0 aliphatic heterocycles. The van der Waals surface area contributed by atoms with Crippen molar-refractivity contribution < 1.29 is 14.3 Å². The monoisotopic (exact) mass is 188 g/mol. The molecule has 78 valence electrons. The van der Waals surface area contributed by atoms with Crippen molar-refractivity contribution in [3.8, 4) is 0 Å². The third kappa shape index (κ3) is 7.94. The van der Waals surface area contributed by atoms with Gasteiger partial charge in [0.15, 0.2) is 6.29 Å². The first-order valence-corrected chi connectivity index (χ1v) is 5.02. The van der Waals surface area contributed by atoms with Crippen molar-refractivity contribution in [2.45, 2.75) is 45.8 Å². The third-order valence-electron chi connectivity index (χ3n) is 1.54. The van der Waals surface area contributed by atoms with E-state index in [-0.39, 0.29) is 6.29 Å². The molecule has 0 rings (SSSR count). The molecule has 0 fully saturated rings. The van der Waals surface area contributed by atoms with Crippen molar-refractivity contribution >= 4 is 6.29 Å². The van der Waals surface area contributed by atoms with Crippen molar-refractivity contribution in [2.24, 2.45) is 0 Å². The molecule has 13 heavy (non-hydrogen) atoms. The topological polar surface area (TPSA) is 35.5 Å². The smallest absolute Gasteiger partial charge is 0.157 e. The number of hydrogen-bond donors (Lipinski definition) is 0. The summed E-state index contributed by atoms with van der Waals surface area (Å²) in [4.78, 5) is 10.1. The van der Waals surface area contributed by atoms with Crippen LogP contribution >= 0.6 is 0 Å². The second kappa shape index (κ2) is 9.68. The molecular formula is C10H20O3. The average Bonchev–Trinajstić information content (AvgIpc) is 2.17. The van der Waals surface area contributed by atoms with Gasteiger partial charge in [-0.2, -0.15) is 0 Å². The minimum Gasteiger partial charge on any atom is -0.353 e. The summed E-state index contributed by atoms with van der Waals surface area (Å²) in [6.07, 6.45) is 3.85. The summed E-state index contributed by atoms with van der Waals surface area (Å²) in [6, 6.07) is 0. The fourth-order valence-corrected chi connectivity index (χ4v) is 0.917. The molecule has 0 bridgehead atoms. The molecule has 0 radical (unpaired) electrons. The number of hydrogen-bond acceptors (Lipinski definition) is 3. The predicted octanol–water partition coefficient (Wildman–Crippen LogP) is 2.14. The van der Waals surface area contributed by atoms with E-state index < -0.39 is 0 Å². The third-order valence-corrected chi connectivity index (χ3v) is 1.54. The summed E-state index contributed by atoms with van der Waals surface area (Å²) in [5, 5.41) is 0. The number of rotatable bonds is 9. The van der Waals surface area contributed by atoms with Gasteiger partial charge in [0.1, 0.15) is 6.29 Å². The molecular weight excluding hydrogens is 168 g/mol. The van der Waals surface area contributed by atoms with Crippen molar-refractivity contribution in [3.05, 3.63) is 0 Å². The van der Waals surface area contributed by atoms with E-state index in [9.17, 15) is 4.79 Å². The lowest BCUT2D eigenvalue weighted by molar-refractivity contribution is -0.147. The summed E-state index contributed by atoms with van der Waals surface area (Å²) in [6.45, 7) is 5.51. The highest BCUT2D eigenvalue weighted by atomic mass is 16.7. The average molecular weight is 188 g/mol. The van der Waals surface area contributed by atoms with Crippen LogP contribution in [0.5, 0.6) is 0 Å². The summed E-state index contributed by atoms with van der Waals surface area (Å²) in [5.74, 6) is 0. The molecule has 3 nitrogen and oxygen atoms in total. The molecule has 0 aliphatic rings. The lowest BCUT2D eigenvalue weighted by Gasteiger charge is -2.16. The maximum Gasteiger partial charge on any atom is 0.157 e. The Morgan fingerprint density at radius 1 is 1.15 bits per heavy atom. The zero-order chi connectivity index (χ0) is 9.94. The Labute approximate surface area is 80.4 Å². The van der Waals surface area contributed by atoms with Crippen LogP contribution in [-0.2, 0) is 14.3 Å². The summed E-state index contributed by atoms with van der Waals surface area (Å²) >= 11 is 0. The first-order chi connectivity index (χ1) is 6.35. The zero-order valence-corrected chi connectivity index (χ0v) is 8.62. The Kier molecular flexibility index (Phi) is 9.37. The molecule has 0 saturated heterocycles. The van der Waals surface area contributed by atoms with Gasteiger partial charge in [0.2, 0.25) is 0 Å². The van der Waals surface area contributed by atoms with Gasteiger partial charge in [-0.05, 0) is 12.8 Å². The molecule has 0 aromatic carbocycles. The van der Waals surface area contributed by atoms with E-state index in [1.54, 1.807) is 0 Å². The molecule has 0 heterocycles. The maximum absolute atomic E-state index is 10.1. The zero-order valence-electron chi connectivity index (χ0n) is 8.62. The Balaban J connectivity index is 3.52. The van der Waals surface area contributed by atoms with Gasteiger partial charge in [-0.15, -0.1) is 0 Å². The molecule has 3 heteroatoms. The molecule has 0 unspecified atom stereocenters. The van der Waals surface area contributed by atoms with Crippen LogP contribution in [0.4, 0.5) is 0 Å². The summed E-state index contributed by atoms with van der Waals surface area (Å²) < 4.78 is 10.8. The van der Waals surface area contributed by atoms with Crippen LogP contribution in [0, 0.1) is 0 Å². The van der Waals surface area contributed by atoms with Gasteiger partial charge in [0, 0.05) is 26.1 Å². The quantitative estimate of drug-likeness (QED) is 0.411. The van der Waals surface area contributed by atoms with Crippen LogP contribution in [0.15, 0.2) is 0 Å². The van der Waals surface area contributed by atoms with Crippen LogP contribution in [0.25, 0.3) is 0 Å². The largest absolute Gasteiger partial charge is 0.353 e.